The summed E-state index contributed by atoms with van der Waals surface area (Å²) in [4.78, 5) is 13.5. The van der Waals surface area contributed by atoms with Gasteiger partial charge >= 0.3 is 0 Å². The number of rotatable bonds is 4. The number of nitrogens with zero attached hydrogens (tertiary/aromatic N) is 1. The van der Waals surface area contributed by atoms with Crippen molar-refractivity contribution in [3.8, 4) is 0 Å². The number of amides is 1. The second-order valence-corrected chi connectivity index (χ2v) is 4.39. The van der Waals surface area contributed by atoms with Crippen LogP contribution in [0, 0.1) is 11.8 Å². The normalized spacial score (nSPS) is 20.9. The number of hydrogen-bond acceptors (Lipinski definition) is 1. The second kappa shape index (κ2) is 4.32. The number of carbonyl (C=O) groups excluding carboxylic acids is 1. The fourth-order valence-electron chi connectivity index (χ4n) is 1.51. The minimum Gasteiger partial charge on any atom is -0.343 e. The van der Waals surface area contributed by atoms with E-state index in [-0.39, 0.29) is 11.8 Å². The zero-order valence-corrected chi connectivity index (χ0v) is 9.34. The van der Waals surface area contributed by atoms with E-state index in [1.165, 1.54) is 12.8 Å². The van der Waals surface area contributed by atoms with Crippen LogP contribution in [0.2, 0.25) is 0 Å². The van der Waals surface area contributed by atoms with Crippen molar-refractivity contribution in [2.75, 3.05) is 12.9 Å². The van der Waals surface area contributed by atoms with E-state index in [1.807, 2.05) is 18.9 Å². The molecule has 1 aliphatic carbocycles. The molecule has 0 N–H and O–H groups in total. The fraction of sp³-hybridized carbons (Fsp3) is 0.900. The van der Waals surface area contributed by atoms with Gasteiger partial charge in [0.15, 0.2) is 0 Å². The molecule has 3 heteroatoms. The molecule has 1 rings (SSSR count). The third-order valence-electron chi connectivity index (χ3n) is 2.92. The van der Waals surface area contributed by atoms with Gasteiger partial charge < -0.3 is 4.90 Å². The molecule has 1 aliphatic rings. The molecule has 2 unspecified atom stereocenters. The van der Waals surface area contributed by atoms with Gasteiger partial charge in [-0.05, 0) is 25.7 Å². The summed E-state index contributed by atoms with van der Waals surface area (Å²) in [5.74, 6) is 1.28. The first kappa shape index (κ1) is 10.8. The van der Waals surface area contributed by atoms with E-state index in [1.54, 1.807) is 0 Å². The highest BCUT2D eigenvalue weighted by Gasteiger charge is 2.33. The molecular formula is C10H18ClNO. The molecule has 0 aromatic heterocycles. The molecule has 13 heavy (non-hydrogen) atoms. The molecule has 0 aromatic carbocycles. The Balaban J connectivity index is 2.44. The topological polar surface area (TPSA) is 20.3 Å². The monoisotopic (exact) mass is 203 g/mol. The second-order valence-electron chi connectivity index (χ2n) is 4.08. The summed E-state index contributed by atoms with van der Waals surface area (Å²) in [6.45, 7) is 4.00. The summed E-state index contributed by atoms with van der Waals surface area (Å²) in [7, 11) is 1.88. The van der Waals surface area contributed by atoms with Crippen molar-refractivity contribution in [1.29, 1.82) is 0 Å². The fourth-order valence-corrected chi connectivity index (χ4v) is 1.64. The molecule has 1 fully saturated rings. The van der Waals surface area contributed by atoms with Gasteiger partial charge in [0.2, 0.25) is 5.91 Å². The maximum Gasteiger partial charge on any atom is 0.226 e. The van der Waals surface area contributed by atoms with Crippen molar-refractivity contribution in [2.45, 2.75) is 32.7 Å². The smallest absolute Gasteiger partial charge is 0.226 e. The lowest BCUT2D eigenvalue weighted by molar-refractivity contribution is -0.135. The highest BCUT2D eigenvalue weighted by molar-refractivity contribution is 6.19. The largest absolute Gasteiger partial charge is 0.343 e. The van der Waals surface area contributed by atoms with Gasteiger partial charge in [-0.25, -0.2) is 0 Å². The minimum absolute atomic E-state index is 0.0483. The maximum atomic E-state index is 11.7. The summed E-state index contributed by atoms with van der Waals surface area (Å²) in [6, 6.07) is 0.387. The van der Waals surface area contributed by atoms with Crippen molar-refractivity contribution in [2.24, 2.45) is 11.8 Å². The lowest BCUT2D eigenvalue weighted by Crippen LogP contribution is -2.40. The van der Waals surface area contributed by atoms with Gasteiger partial charge in [-0.2, -0.15) is 0 Å². The number of halogens is 1. The van der Waals surface area contributed by atoms with Gasteiger partial charge in [0.05, 0.1) is 0 Å². The quantitative estimate of drug-likeness (QED) is 0.641. The molecule has 0 aromatic rings. The molecule has 2 nitrogen and oxygen atoms in total. The summed E-state index contributed by atoms with van der Waals surface area (Å²) in [5.41, 5.74) is 0. The summed E-state index contributed by atoms with van der Waals surface area (Å²) in [6.07, 6.45) is 2.54. The SMILES string of the molecule is CC(CCl)C(=O)N(C)C(C)C1CC1. The van der Waals surface area contributed by atoms with E-state index in [0.29, 0.717) is 11.9 Å². The predicted molar refractivity (Wildman–Crippen MR) is 54.8 cm³/mol. The van der Waals surface area contributed by atoms with Crippen LogP contribution < -0.4 is 0 Å². The van der Waals surface area contributed by atoms with Crippen LogP contribution in [0.15, 0.2) is 0 Å². The van der Waals surface area contributed by atoms with Gasteiger partial charge in [-0.3, -0.25) is 4.79 Å². The predicted octanol–water partition coefficient (Wildman–Crippen LogP) is 2.12. The van der Waals surface area contributed by atoms with Crippen molar-refractivity contribution in [3.63, 3.8) is 0 Å². The number of alkyl halides is 1. The Bertz CT molecular complexity index is 191. The average molecular weight is 204 g/mol. The maximum absolute atomic E-state index is 11.7. The first-order valence-electron chi connectivity index (χ1n) is 4.90. The van der Waals surface area contributed by atoms with Crippen LogP contribution in [0.25, 0.3) is 0 Å². The summed E-state index contributed by atoms with van der Waals surface area (Å²) in [5, 5.41) is 0. The first-order valence-corrected chi connectivity index (χ1v) is 5.44. The molecule has 0 spiro atoms. The number of hydrogen-bond donors (Lipinski definition) is 0. The van der Waals surface area contributed by atoms with Crippen LogP contribution in [-0.2, 0) is 4.79 Å². The highest BCUT2D eigenvalue weighted by atomic mass is 35.5. The molecule has 0 heterocycles. The third-order valence-corrected chi connectivity index (χ3v) is 3.38. The van der Waals surface area contributed by atoms with Crippen molar-refractivity contribution in [3.05, 3.63) is 0 Å². The molecule has 0 radical (unpaired) electrons. The molecule has 76 valence electrons. The van der Waals surface area contributed by atoms with Gasteiger partial charge in [0.1, 0.15) is 0 Å². The van der Waals surface area contributed by atoms with Crippen LogP contribution >= 0.6 is 11.6 Å². The third kappa shape index (κ3) is 2.60. The van der Waals surface area contributed by atoms with Crippen molar-refractivity contribution >= 4 is 17.5 Å². The molecule has 2 atom stereocenters. The van der Waals surface area contributed by atoms with E-state index < -0.39 is 0 Å². The zero-order valence-electron chi connectivity index (χ0n) is 8.59. The minimum atomic E-state index is -0.0483. The standard InChI is InChI=1S/C10H18ClNO/c1-7(6-11)10(13)12(3)8(2)9-4-5-9/h7-9H,4-6H2,1-3H3. The Kier molecular flexibility index (Phi) is 3.60. The molecule has 0 saturated heterocycles. The van der Waals surface area contributed by atoms with Crippen molar-refractivity contribution in [1.82, 2.24) is 4.90 Å². The van der Waals surface area contributed by atoms with E-state index >= 15 is 0 Å². The van der Waals surface area contributed by atoms with E-state index in [9.17, 15) is 4.79 Å². The van der Waals surface area contributed by atoms with Gasteiger partial charge in [-0.15, -0.1) is 11.6 Å². The lowest BCUT2D eigenvalue weighted by Gasteiger charge is -2.27. The Hall–Kier alpha value is -0.240. The van der Waals surface area contributed by atoms with E-state index in [2.05, 4.69) is 6.92 Å². The van der Waals surface area contributed by atoms with Crippen LogP contribution in [-0.4, -0.2) is 29.8 Å². The Morgan fingerprint density at radius 1 is 1.54 bits per heavy atom. The molecular weight excluding hydrogens is 186 g/mol. The van der Waals surface area contributed by atoms with Gasteiger partial charge in [-0.1, -0.05) is 6.92 Å². The Morgan fingerprint density at radius 2 is 2.08 bits per heavy atom. The first-order chi connectivity index (χ1) is 6.07. The molecule has 0 bridgehead atoms. The zero-order chi connectivity index (χ0) is 10.0. The van der Waals surface area contributed by atoms with Gasteiger partial charge in [0, 0.05) is 24.9 Å². The van der Waals surface area contributed by atoms with Crippen LogP contribution in [0.4, 0.5) is 0 Å². The number of carbonyl (C=O) groups is 1. The molecule has 1 amide bonds. The van der Waals surface area contributed by atoms with Crippen molar-refractivity contribution < 1.29 is 4.79 Å². The highest BCUT2D eigenvalue weighted by Crippen LogP contribution is 2.35. The average Bonchev–Trinajstić information content (AvgIpc) is 2.96. The van der Waals surface area contributed by atoms with E-state index in [4.69, 9.17) is 11.6 Å². The molecule has 0 aliphatic heterocycles. The van der Waals surface area contributed by atoms with E-state index in [0.717, 1.165) is 5.92 Å². The Morgan fingerprint density at radius 3 is 2.46 bits per heavy atom. The van der Waals surface area contributed by atoms with Crippen LogP contribution in [0.5, 0.6) is 0 Å². The summed E-state index contributed by atoms with van der Waals surface area (Å²) < 4.78 is 0. The Labute approximate surface area is 85.2 Å². The van der Waals surface area contributed by atoms with Gasteiger partial charge in [0.25, 0.3) is 0 Å². The van der Waals surface area contributed by atoms with Crippen LogP contribution in [0.3, 0.4) is 0 Å². The van der Waals surface area contributed by atoms with Crippen LogP contribution in [0.1, 0.15) is 26.7 Å². The lowest BCUT2D eigenvalue weighted by atomic mass is 10.1. The molecule has 1 saturated carbocycles. The summed E-state index contributed by atoms with van der Waals surface area (Å²) >= 11 is 5.64.